The van der Waals surface area contributed by atoms with Gasteiger partial charge in [0.05, 0.1) is 12.9 Å². The molecular weight excluding hydrogens is 304 g/mol. The number of benzene rings is 1. The Morgan fingerprint density at radius 3 is 2.64 bits per heavy atom. The first-order chi connectivity index (χ1) is 10.5. The van der Waals surface area contributed by atoms with Crippen molar-refractivity contribution in [3.05, 3.63) is 24.3 Å². The molecule has 1 aliphatic rings. The monoisotopic (exact) mass is 326 g/mol. The van der Waals surface area contributed by atoms with Gasteiger partial charge in [-0.15, -0.1) is 0 Å². The standard InChI is InChI=1S/C15H22N2O4S/c1-3-11-22(19,20)17-10-4-5-14(17)15(18)16-12-6-8-13(21-2)9-7-12/h6-9,14H,3-5,10-11H2,1-2H3,(H,16,18). The van der Waals surface area contributed by atoms with Crippen LogP contribution in [0, 0.1) is 0 Å². The van der Waals surface area contributed by atoms with Gasteiger partial charge in [0.2, 0.25) is 15.9 Å². The molecule has 0 saturated carbocycles. The van der Waals surface area contributed by atoms with Crippen molar-refractivity contribution in [3.63, 3.8) is 0 Å². The molecule has 0 spiro atoms. The van der Waals surface area contributed by atoms with Crippen molar-refractivity contribution in [2.75, 3.05) is 24.7 Å². The smallest absolute Gasteiger partial charge is 0.242 e. The molecule has 1 saturated heterocycles. The quantitative estimate of drug-likeness (QED) is 0.865. The predicted molar refractivity (Wildman–Crippen MR) is 85.4 cm³/mol. The highest BCUT2D eigenvalue weighted by molar-refractivity contribution is 7.89. The fourth-order valence-corrected chi connectivity index (χ4v) is 4.36. The number of methoxy groups -OCH3 is 1. The van der Waals surface area contributed by atoms with Gasteiger partial charge in [0.15, 0.2) is 0 Å². The Hall–Kier alpha value is -1.60. The molecule has 122 valence electrons. The summed E-state index contributed by atoms with van der Waals surface area (Å²) >= 11 is 0. The number of carbonyl (C=O) groups excluding carboxylic acids is 1. The minimum atomic E-state index is -3.35. The van der Waals surface area contributed by atoms with E-state index in [0.29, 0.717) is 37.2 Å². The Kier molecular flexibility index (Phi) is 5.42. The van der Waals surface area contributed by atoms with E-state index in [1.165, 1.54) is 4.31 Å². The Balaban J connectivity index is 2.07. The van der Waals surface area contributed by atoms with Gasteiger partial charge in [0, 0.05) is 12.2 Å². The molecule has 0 aliphatic carbocycles. The fraction of sp³-hybridized carbons (Fsp3) is 0.533. The third kappa shape index (κ3) is 3.78. The van der Waals surface area contributed by atoms with E-state index in [-0.39, 0.29) is 11.7 Å². The van der Waals surface area contributed by atoms with Crippen LogP contribution in [0.1, 0.15) is 26.2 Å². The first kappa shape index (κ1) is 16.8. The number of hydrogen-bond donors (Lipinski definition) is 1. The zero-order chi connectivity index (χ0) is 16.2. The van der Waals surface area contributed by atoms with Crippen LogP contribution < -0.4 is 10.1 Å². The number of amides is 1. The van der Waals surface area contributed by atoms with Gasteiger partial charge >= 0.3 is 0 Å². The number of sulfonamides is 1. The van der Waals surface area contributed by atoms with Gasteiger partial charge in [-0.2, -0.15) is 4.31 Å². The van der Waals surface area contributed by atoms with Gasteiger partial charge in [0.1, 0.15) is 11.8 Å². The molecule has 22 heavy (non-hydrogen) atoms. The molecule has 0 aromatic heterocycles. The topological polar surface area (TPSA) is 75.7 Å². The molecule has 1 unspecified atom stereocenters. The molecule has 1 N–H and O–H groups in total. The molecule has 1 fully saturated rings. The minimum Gasteiger partial charge on any atom is -0.497 e. The number of nitrogens with zero attached hydrogens (tertiary/aromatic N) is 1. The van der Waals surface area contributed by atoms with Gasteiger partial charge < -0.3 is 10.1 Å². The van der Waals surface area contributed by atoms with Crippen LogP contribution in [-0.2, 0) is 14.8 Å². The summed E-state index contributed by atoms with van der Waals surface area (Å²) in [4.78, 5) is 12.4. The van der Waals surface area contributed by atoms with Crippen molar-refractivity contribution < 1.29 is 17.9 Å². The highest BCUT2D eigenvalue weighted by Crippen LogP contribution is 2.24. The molecule has 1 heterocycles. The van der Waals surface area contributed by atoms with Crippen molar-refractivity contribution >= 4 is 21.6 Å². The van der Waals surface area contributed by atoms with Crippen molar-refractivity contribution in [1.82, 2.24) is 4.31 Å². The second-order valence-corrected chi connectivity index (χ2v) is 7.34. The molecular formula is C15H22N2O4S. The Bertz CT molecular complexity index is 613. The van der Waals surface area contributed by atoms with Crippen LogP contribution in [0.25, 0.3) is 0 Å². The minimum absolute atomic E-state index is 0.0827. The number of hydrogen-bond acceptors (Lipinski definition) is 4. The van der Waals surface area contributed by atoms with E-state index in [4.69, 9.17) is 4.74 Å². The van der Waals surface area contributed by atoms with Gasteiger partial charge in [-0.1, -0.05) is 6.92 Å². The predicted octanol–water partition coefficient (Wildman–Crippen LogP) is 1.84. The maximum atomic E-state index is 12.4. The van der Waals surface area contributed by atoms with Crippen LogP contribution in [0.2, 0.25) is 0 Å². The lowest BCUT2D eigenvalue weighted by atomic mass is 10.2. The van der Waals surface area contributed by atoms with E-state index in [1.807, 2.05) is 6.92 Å². The first-order valence-corrected chi connectivity index (χ1v) is 9.03. The third-order valence-electron chi connectivity index (χ3n) is 3.68. The van der Waals surface area contributed by atoms with E-state index < -0.39 is 16.1 Å². The third-order valence-corrected chi connectivity index (χ3v) is 5.76. The summed E-state index contributed by atoms with van der Waals surface area (Å²) in [5.74, 6) is 0.507. The van der Waals surface area contributed by atoms with Gasteiger partial charge in [-0.3, -0.25) is 4.79 Å². The average molecular weight is 326 g/mol. The van der Waals surface area contributed by atoms with Crippen molar-refractivity contribution in [2.24, 2.45) is 0 Å². The SMILES string of the molecule is CCCS(=O)(=O)N1CCCC1C(=O)Nc1ccc(OC)cc1. The summed E-state index contributed by atoms with van der Waals surface area (Å²) in [6, 6.07) is 6.34. The van der Waals surface area contributed by atoms with Crippen molar-refractivity contribution in [1.29, 1.82) is 0 Å². The lowest BCUT2D eigenvalue weighted by molar-refractivity contribution is -0.119. The normalized spacial score (nSPS) is 19.1. The molecule has 6 nitrogen and oxygen atoms in total. The van der Waals surface area contributed by atoms with E-state index in [1.54, 1.807) is 31.4 Å². The van der Waals surface area contributed by atoms with Crippen LogP contribution in [0.4, 0.5) is 5.69 Å². The van der Waals surface area contributed by atoms with Crippen molar-refractivity contribution in [3.8, 4) is 5.75 Å². The zero-order valence-electron chi connectivity index (χ0n) is 12.9. The molecule has 0 bridgehead atoms. The van der Waals surface area contributed by atoms with Crippen LogP contribution >= 0.6 is 0 Å². The summed E-state index contributed by atoms with van der Waals surface area (Å²) in [5.41, 5.74) is 0.630. The van der Waals surface area contributed by atoms with Crippen LogP contribution in [0.3, 0.4) is 0 Å². The number of nitrogens with one attached hydrogen (secondary N) is 1. The Morgan fingerprint density at radius 1 is 1.36 bits per heavy atom. The van der Waals surface area contributed by atoms with Gasteiger partial charge in [-0.25, -0.2) is 8.42 Å². The van der Waals surface area contributed by atoms with Gasteiger partial charge in [-0.05, 0) is 43.5 Å². The summed E-state index contributed by atoms with van der Waals surface area (Å²) in [5, 5.41) is 2.78. The van der Waals surface area contributed by atoms with Crippen molar-refractivity contribution in [2.45, 2.75) is 32.2 Å². The Labute approximate surface area is 131 Å². The number of rotatable bonds is 6. The summed E-state index contributed by atoms with van der Waals surface area (Å²) < 4.78 is 30.8. The van der Waals surface area contributed by atoms with Crippen LogP contribution in [0.15, 0.2) is 24.3 Å². The second kappa shape index (κ2) is 7.11. The summed E-state index contributed by atoms with van der Waals surface area (Å²) in [6.07, 6.45) is 1.82. The fourth-order valence-electron chi connectivity index (χ4n) is 2.61. The number of ether oxygens (including phenoxy) is 1. The van der Waals surface area contributed by atoms with E-state index >= 15 is 0 Å². The largest absolute Gasteiger partial charge is 0.497 e. The zero-order valence-corrected chi connectivity index (χ0v) is 13.7. The molecule has 7 heteroatoms. The molecule has 1 atom stereocenters. The second-order valence-electron chi connectivity index (χ2n) is 5.30. The molecule has 1 aliphatic heterocycles. The molecule has 1 aromatic carbocycles. The maximum Gasteiger partial charge on any atom is 0.242 e. The molecule has 0 radical (unpaired) electrons. The average Bonchev–Trinajstić information content (AvgIpc) is 2.98. The highest BCUT2D eigenvalue weighted by atomic mass is 32.2. The number of carbonyl (C=O) groups is 1. The van der Waals surface area contributed by atoms with Gasteiger partial charge in [0.25, 0.3) is 0 Å². The summed E-state index contributed by atoms with van der Waals surface area (Å²) in [6.45, 7) is 2.24. The maximum absolute atomic E-state index is 12.4. The summed E-state index contributed by atoms with van der Waals surface area (Å²) in [7, 11) is -1.78. The van der Waals surface area contributed by atoms with E-state index in [0.717, 1.165) is 0 Å². The first-order valence-electron chi connectivity index (χ1n) is 7.42. The van der Waals surface area contributed by atoms with Crippen LogP contribution in [0.5, 0.6) is 5.75 Å². The number of anilines is 1. The van der Waals surface area contributed by atoms with E-state index in [2.05, 4.69) is 5.32 Å². The molecule has 1 aromatic rings. The molecule has 2 rings (SSSR count). The van der Waals surface area contributed by atoms with Crippen LogP contribution in [-0.4, -0.2) is 44.1 Å². The molecule has 1 amide bonds. The lowest BCUT2D eigenvalue weighted by Crippen LogP contribution is -2.44. The Morgan fingerprint density at radius 2 is 2.05 bits per heavy atom. The highest BCUT2D eigenvalue weighted by Gasteiger charge is 2.37. The van der Waals surface area contributed by atoms with E-state index in [9.17, 15) is 13.2 Å². The lowest BCUT2D eigenvalue weighted by Gasteiger charge is -2.23.